The Hall–Kier alpha value is -2.78. The molecule has 8 nitrogen and oxygen atoms in total. The molecule has 0 aromatic carbocycles. The van der Waals surface area contributed by atoms with E-state index in [0.717, 1.165) is 25.0 Å². The Morgan fingerprint density at radius 2 is 2.03 bits per heavy atom. The van der Waals surface area contributed by atoms with E-state index >= 15 is 0 Å². The first-order valence-electron chi connectivity index (χ1n) is 10.4. The first-order chi connectivity index (χ1) is 15.4. The molecule has 3 aromatic rings. The van der Waals surface area contributed by atoms with Crippen LogP contribution in [0.15, 0.2) is 24.5 Å². The monoisotopic (exact) mass is 473 g/mol. The summed E-state index contributed by atoms with van der Waals surface area (Å²) in [5.41, 5.74) is 2.39. The van der Waals surface area contributed by atoms with Crippen LogP contribution in [0.4, 0.5) is 5.13 Å². The van der Waals surface area contributed by atoms with Crippen molar-refractivity contribution >= 4 is 34.0 Å². The smallest absolute Gasteiger partial charge is 0.296 e. The fourth-order valence-corrected chi connectivity index (χ4v) is 4.67. The Morgan fingerprint density at radius 1 is 1.19 bits per heavy atom. The van der Waals surface area contributed by atoms with Gasteiger partial charge in [0, 0.05) is 23.0 Å². The van der Waals surface area contributed by atoms with Gasteiger partial charge in [-0.3, -0.25) is 15.1 Å². The van der Waals surface area contributed by atoms with Gasteiger partial charge >= 0.3 is 0 Å². The van der Waals surface area contributed by atoms with Gasteiger partial charge in [0.1, 0.15) is 17.0 Å². The summed E-state index contributed by atoms with van der Waals surface area (Å²) in [5.74, 6) is 0.783. The van der Waals surface area contributed by atoms with E-state index in [1.807, 2.05) is 13.0 Å². The number of anilines is 1. The summed E-state index contributed by atoms with van der Waals surface area (Å²) in [6.45, 7) is 4.08. The predicted molar refractivity (Wildman–Crippen MR) is 124 cm³/mol. The number of aryl methyl sites for hydroxylation is 1. The van der Waals surface area contributed by atoms with Gasteiger partial charge in [0.15, 0.2) is 0 Å². The molecule has 168 valence electrons. The molecule has 0 saturated heterocycles. The molecule has 32 heavy (non-hydrogen) atoms. The van der Waals surface area contributed by atoms with Crippen LogP contribution in [0.25, 0.3) is 11.1 Å². The van der Waals surface area contributed by atoms with Crippen molar-refractivity contribution in [3.05, 3.63) is 40.9 Å². The van der Waals surface area contributed by atoms with Gasteiger partial charge in [-0.15, -0.1) is 5.10 Å². The third-order valence-electron chi connectivity index (χ3n) is 5.41. The fourth-order valence-electron chi connectivity index (χ4n) is 3.85. The Balaban J connectivity index is 1.55. The lowest BCUT2D eigenvalue weighted by Gasteiger charge is -2.25. The van der Waals surface area contributed by atoms with Gasteiger partial charge in [0.25, 0.3) is 11.1 Å². The SMILES string of the molecule is COc1cnc(Cl)cc1-c1cc(C)ncc1C(=O)Nc1nnc(OC2CCCC(C)C2)s1. The van der Waals surface area contributed by atoms with E-state index in [1.54, 1.807) is 6.07 Å². The molecule has 0 aliphatic heterocycles. The summed E-state index contributed by atoms with van der Waals surface area (Å²) >= 11 is 7.32. The fraction of sp³-hybridized carbons (Fsp3) is 0.409. The van der Waals surface area contributed by atoms with Crippen LogP contribution >= 0.6 is 22.9 Å². The van der Waals surface area contributed by atoms with Crippen LogP contribution in [0.2, 0.25) is 5.15 Å². The molecule has 2 atom stereocenters. The van der Waals surface area contributed by atoms with Gasteiger partial charge in [-0.2, -0.15) is 0 Å². The lowest BCUT2D eigenvalue weighted by molar-refractivity contribution is 0.102. The Bertz CT molecular complexity index is 1120. The Kier molecular flexibility index (Phi) is 6.86. The molecule has 1 N–H and O–H groups in total. The standard InChI is InChI=1S/C22H24ClN5O3S/c1-12-5-4-6-14(7-12)31-22-28-27-21(32-22)26-20(29)17-10-24-13(2)8-15(17)16-9-19(23)25-11-18(16)30-3/h8-12,14H,4-7H2,1-3H3,(H,26,27,29). The molecule has 0 bridgehead atoms. The third-order valence-corrected chi connectivity index (χ3v) is 6.35. The van der Waals surface area contributed by atoms with Crippen LogP contribution in [0.1, 0.15) is 48.7 Å². The molecule has 4 rings (SSSR count). The molecule has 1 aliphatic rings. The summed E-state index contributed by atoms with van der Waals surface area (Å²) in [6, 6.07) is 3.47. The molecule has 1 saturated carbocycles. The predicted octanol–water partition coefficient (Wildman–Crippen LogP) is 5.18. The first-order valence-corrected chi connectivity index (χ1v) is 11.6. The highest BCUT2D eigenvalue weighted by atomic mass is 35.5. The second-order valence-corrected chi connectivity index (χ2v) is 9.24. The average molecular weight is 474 g/mol. The minimum atomic E-state index is -0.364. The Labute approximate surface area is 195 Å². The van der Waals surface area contributed by atoms with Crippen molar-refractivity contribution < 1.29 is 14.3 Å². The number of halogens is 1. The van der Waals surface area contributed by atoms with Crippen molar-refractivity contribution in [3.8, 4) is 22.1 Å². The lowest BCUT2D eigenvalue weighted by Crippen LogP contribution is -2.23. The van der Waals surface area contributed by atoms with Crippen molar-refractivity contribution in [3.63, 3.8) is 0 Å². The van der Waals surface area contributed by atoms with Crippen molar-refractivity contribution in [1.29, 1.82) is 0 Å². The molecule has 0 radical (unpaired) electrons. The zero-order valence-corrected chi connectivity index (χ0v) is 19.7. The molecule has 1 amide bonds. The maximum atomic E-state index is 13.1. The number of methoxy groups -OCH3 is 1. The molecular formula is C22H24ClN5O3S. The summed E-state index contributed by atoms with van der Waals surface area (Å²) in [5, 5.41) is 12.1. The van der Waals surface area contributed by atoms with E-state index < -0.39 is 0 Å². The molecular weight excluding hydrogens is 450 g/mol. The second-order valence-electron chi connectivity index (χ2n) is 7.92. The number of aromatic nitrogens is 4. The van der Waals surface area contributed by atoms with Crippen molar-refractivity contribution in [1.82, 2.24) is 20.2 Å². The highest BCUT2D eigenvalue weighted by Crippen LogP contribution is 2.35. The summed E-state index contributed by atoms with van der Waals surface area (Å²) in [7, 11) is 1.54. The molecule has 2 unspecified atom stereocenters. The number of nitrogens with one attached hydrogen (secondary N) is 1. The number of ether oxygens (including phenoxy) is 2. The molecule has 3 heterocycles. The molecule has 10 heteroatoms. The van der Waals surface area contributed by atoms with Crippen LogP contribution in [-0.4, -0.2) is 39.3 Å². The van der Waals surface area contributed by atoms with Crippen LogP contribution < -0.4 is 14.8 Å². The third kappa shape index (κ3) is 5.16. The minimum Gasteiger partial charge on any atom is -0.494 e. The Morgan fingerprint density at radius 3 is 2.81 bits per heavy atom. The van der Waals surface area contributed by atoms with Crippen molar-refractivity contribution in [2.75, 3.05) is 12.4 Å². The van der Waals surface area contributed by atoms with Crippen LogP contribution in [0, 0.1) is 12.8 Å². The average Bonchev–Trinajstić information content (AvgIpc) is 3.20. The number of carbonyl (C=O) groups excluding carboxylic acids is 1. The zero-order chi connectivity index (χ0) is 22.7. The van der Waals surface area contributed by atoms with Gasteiger partial charge in [0.05, 0.1) is 18.9 Å². The van der Waals surface area contributed by atoms with Crippen molar-refractivity contribution in [2.45, 2.75) is 45.6 Å². The molecule has 3 aromatic heterocycles. The van der Waals surface area contributed by atoms with E-state index in [-0.39, 0.29) is 12.0 Å². The molecule has 1 fully saturated rings. The second kappa shape index (κ2) is 9.79. The van der Waals surface area contributed by atoms with E-state index in [2.05, 4.69) is 32.4 Å². The van der Waals surface area contributed by atoms with E-state index in [1.165, 1.54) is 37.3 Å². The summed E-state index contributed by atoms with van der Waals surface area (Å²) < 4.78 is 11.4. The lowest BCUT2D eigenvalue weighted by atomic mass is 9.89. The summed E-state index contributed by atoms with van der Waals surface area (Å²) in [6.07, 6.45) is 7.60. The van der Waals surface area contributed by atoms with Gasteiger partial charge in [-0.1, -0.05) is 30.0 Å². The number of rotatable bonds is 6. The number of pyridine rings is 2. The largest absolute Gasteiger partial charge is 0.494 e. The van der Waals surface area contributed by atoms with Gasteiger partial charge in [-0.05, 0) is 55.6 Å². The maximum absolute atomic E-state index is 13.1. The first kappa shape index (κ1) is 22.4. The number of carbonyl (C=O) groups is 1. The van der Waals surface area contributed by atoms with Crippen LogP contribution in [-0.2, 0) is 0 Å². The van der Waals surface area contributed by atoms with E-state index in [4.69, 9.17) is 21.1 Å². The van der Waals surface area contributed by atoms with Crippen molar-refractivity contribution in [2.24, 2.45) is 5.92 Å². The number of nitrogens with zero attached hydrogens (tertiary/aromatic N) is 4. The molecule has 0 spiro atoms. The summed E-state index contributed by atoms with van der Waals surface area (Å²) in [4.78, 5) is 21.4. The van der Waals surface area contributed by atoms with Crippen LogP contribution in [0.5, 0.6) is 10.9 Å². The van der Waals surface area contributed by atoms with Gasteiger partial charge in [-0.25, -0.2) is 4.98 Å². The number of amides is 1. The number of hydrogen-bond donors (Lipinski definition) is 1. The van der Waals surface area contributed by atoms with Gasteiger partial charge < -0.3 is 9.47 Å². The zero-order valence-electron chi connectivity index (χ0n) is 18.1. The molecule has 1 aliphatic carbocycles. The van der Waals surface area contributed by atoms with E-state index in [9.17, 15) is 4.79 Å². The topological polar surface area (TPSA) is 99.1 Å². The van der Waals surface area contributed by atoms with Gasteiger partial charge in [0.2, 0.25) is 5.13 Å². The highest BCUT2D eigenvalue weighted by molar-refractivity contribution is 7.17. The maximum Gasteiger partial charge on any atom is 0.296 e. The normalized spacial score (nSPS) is 18.2. The van der Waals surface area contributed by atoms with E-state index in [0.29, 0.717) is 43.8 Å². The highest BCUT2D eigenvalue weighted by Gasteiger charge is 2.23. The quantitative estimate of drug-likeness (QED) is 0.492. The number of hydrogen-bond acceptors (Lipinski definition) is 8. The van der Waals surface area contributed by atoms with Crippen LogP contribution in [0.3, 0.4) is 0 Å². The minimum absolute atomic E-state index is 0.145.